The SMILES string of the molecule is CC(N)Cc1cc(C(F)(F)F)ncn1. The van der Waals surface area contributed by atoms with Gasteiger partial charge in [0.25, 0.3) is 0 Å². The van der Waals surface area contributed by atoms with Crippen LogP contribution in [0.15, 0.2) is 12.4 Å². The Morgan fingerprint density at radius 1 is 1.43 bits per heavy atom. The van der Waals surface area contributed by atoms with Gasteiger partial charge < -0.3 is 5.73 Å². The molecule has 0 aliphatic rings. The highest BCUT2D eigenvalue weighted by atomic mass is 19.4. The molecule has 2 N–H and O–H groups in total. The maximum absolute atomic E-state index is 12.2. The maximum Gasteiger partial charge on any atom is 0.433 e. The van der Waals surface area contributed by atoms with Crippen LogP contribution in [0.4, 0.5) is 13.2 Å². The summed E-state index contributed by atoms with van der Waals surface area (Å²) in [5.74, 6) is 0. The number of alkyl halides is 3. The molecule has 1 atom stereocenters. The fourth-order valence-corrected chi connectivity index (χ4v) is 0.994. The second kappa shape index (κ2) is 3.91. The molecule has 3 nitrogen and oxygen atoms in total. The van der Waals surface area contributed by atoms with Crippen LogP contribution in [-0.2, 0) is 12.6 Å². The quantitative estimate of drug-likeness (QED) is 0.793. The van der Waals surface area contributed by atoms with Crippen LogP contribution < -0.4 is 5.73 Å². The summed E-state index contributed by atoms with van der Waals surface area (Å²) in [7, 11) is 0. The van der Waals surface area contributed by atoms with E-state index in [0.29, 0.717) is 12.1 Å². The summed E-state index contributed by atoms with van der Waals surface area (Å²) in [6.45, 7) is 1.70. The van der Waals surface area contributed by atoms with Crippen LogP contribution in [0.25, 0.3) is 0 Å². The third-order valence-corrected chi connectivity index (χ3v) is 1.55. The number of nitrogens with two attached hydrogens (primary N) is 1. The van der Waals surface area contributed by atoms with Crippen molar-refractivity contribution in [3.05, 3.63) is 23.8 Å². The molecule has 0 aliphatic heterocycles. The Labute approximate surface area is 79.2 Å². The monoisotopic (exact) mass is 205 g/mol. The number of halogens is 3. The molecule has 0 amide bonds. The van der Waals surface area contributed by atoms with Crippen molar-refractivity contribution in [3.8, 4) is 0 Å². The number of hydrogen-bond donors (Lipinski definition) is 1. The van der Waals surface area contributed by atoms with E-state index in [-0.39, 0.29) is 6.04 Å². The summed E-state index contributed by atoms with van der Waals surface area (Å²) in [4.78, 5) is 6.84. The summed E-state index contributed by atoms with van der Waals surface area (Å²) < 4.78 is 36.6. The van der Waals surface area contributed by atoms with E-state index in [1.165, 1.54) is 0 Å². The Morgan fingerprint density at radius 2 is 2.07 bits per heavy atom. The van der Waals surface area contributed by atoms with Gasteiger partial charge >= 0.3 is 6.18 Å². The third kappa shape index (κ3) is 2.95. The van der Waals surface area contributed by atoms with Gasteiger partial charge in [-0.25, -0.2) is 9.97 Å². The average Bonchev–Trinajstić information content (AvgIpc) is 2.01. The summed E-state index contributed by atoms with van der Waals surface area (Å²) in [6, 6.07) is 0.703. The number of rotatable bonds is 2. The van der Waals surface area contributed by atoms with E-state index < -0.39 is 11.9 Å². The van der Waals surface area contributed by atoms with Crippen molar-refractivity contribution in [2.45, 2.75) is 25.6 Å². The van der Waals surface area contributed by atoms with Crippen LogP contribution in [0, 0.1) is 0 Å². The van der Waals surface area contributed by atoms with Gasteiger partial charge in [-0.15, -0.1) is 0 Å². The second-order valence-electron chi connectivity index (χ2n) is 3.07. The van der Waals surface area contributed by atoms with Gasteiger partial charge in [0.05, 0.1) is 0 Å². The average molecular weight is 205 g/mol. The van der Waals surface area contributed by atoms with Crippen molar-refractivity contribution < 1.29 is 13.2 Å². The molecule has 0 fully saturated rings. The van der Waals surface area contributed by atoms with Crippen molar-refractivity contribution in [1.29, 1.82) is 0 Å². The van der Waals surface area contributed by atoms with Gasteiger partial charge in [0.15, 0.2) is 0 Å². The van der Waals surface area contributed by atoms with Gasteiger partial charge in [-0.2, -0.15) is 13.2 Å². The first-order chi connectivity index (χ1) is 6.39. The first kappa shape index (κ1) is 10.9. The van der Waals surface area contributed by atoms with Crippen molar-refractivity contribution >= 4 is 0 Å². The van der Waals surface area contributed by atoms with Crippen molar-refractivity contribution in [3.63, 3.8) is 0 Å². The summed E-state index contributed by atoms with van der Waals surface area (Å²) in [6.07, 6.45) is -3.21. The van der Waals surface area contributed by atoms with Gasteiger partial charge in [0, 0.05) is 18.2 Å². The van der Waals surface area contributed by atoms with Gasteiger partial charge in [-0.1, -0.05) is 0 Å². The normalized spacial score (nSPS) is 14.1. The number of hydrogen-bond acceptors (Lipinski definition) is 3. The first-order valence-corrected chi connectivity index (χ1v) is 4.03. The number of aromatic nitrogens is 2. The first-order valence-electron chi connectivity index (χ1n) is 4.03. The molecular formula is C8H10F3N3. The molecule has 0 radical (unpaired) electrons. The molecule has 14 heavy (non-hydrogen) atoms. The van der Waals surface area contributed by atoms with E-state index in [4.69, 9.17) is 5.73 Å². The lowest BCUT2D eigenvalue weighted by atomic mass is 10.2. The van der Waals surface area contributed by atoms with Crippen LogP contribution in [-0.4, -0.2) is 16.0 Å². The molecule has 0 spiro atoms. The Kier molecular flexibility index (Phi) is 3.05. The molecular weight excluding hydrogens is 195 g/mol. The van der Waals surface area contributed by atoms with Gasteiger partial charge in [0.2, 0.25) is 0 Å². The predicted molar refractivity (Wildman–Crippen MR) is 44.4 cm³/mol. The minimum absolute atomic E-state index is 0.217. The van der Waals surface area contributed by atoms with Crippen molar-refractivity contribution in [1.82, 2.24) is 9.97 Å². The van der Waals surface area contributed by atoms with Gasteiger partial charge in [-0.05, 0) is 13.0 Å². The lowest BCUT2D eigenvalue weighted by Crippen LogP contribution is -2.19. The van der Waals surface area contributed by atoms with E-state index in [1.54, 1.807) is 6.92 Å². The van der Waals surface area contributed by atoms with E-state index in [0.717, 1.165) is 12.4 Å². The highest BCUT2D eigenvalue weighted by Crippen LogP contribution is 2.27. The molecule has 0 saturated carbocycles. The molecule has 1 aromatic heterocycles. The molecule has 0 aliphatic carbocycles. The summed E-state index contributed by atoms with van der Waals surface area (Å²) >= 11 is 0. The van der Waals surface area contributed by atoms with E-state index >= 15 is 0 Å². The molecule has 1 aromatic rings. The van der Waals surface area contributed by atoms with Crippen LogP contribution in [0.1, 0.15) is 18.3 Å². The highest BCUT2D eigenvalue weighted by Gasteiger charge is 2.32. The van der Waals surface area contributed by atoms with E-state index in [1.807, 2.05) is 0 Å². The highest BCUT2D eigenvalue weighted by molar-refractivity contribution is 5.11. The third-order valence-electron chi connectivity index (χ3n) is 1.55. The lowest BCUT2D eigenvalue weighted by molar-refractivity contribution is -0.141. The Morgan fingerprint density at radius 3 is 2.57 bits per heavy atom. The second-order valence-corrected chi connectivity index (χ2v) is 3.07. The molecule has 78 valence electrons. The standard InChI is InChI=1S/C8H10F3N3/c1-5(12)2-6-3-7(8(9,10)11)14-4-13-6/h3-5H,2,12H2,1H3. The van der Waals surface area contributed by atoms with E-state index in [2.05, 4.69) is 9.97 Å². The van der Waals surface area contributed by atoms with Crippen LogP contribution in [0.3, 0.4) is 0 Å². The molecule has 0 aromatic carbocycles. The van der Waals surface area contributed by atoms with Crippen molar-refractivity contribution in [2.24, 2.45) is 5.73 Å². The molecule has 1 rings (SSSR count). The smallest absolute Gasteiger partial charge is 0.328 e. The van der Waals surface area contributed by atoms with Crippen molar-refractivity contribution in [2.75, 3.05) is 0 Å². The Hall–Kier alpha value is -1.17. The van der Waals surface area contributed by atoms with Crippen LogP contribution >= 0.6 is 0 Å². The fourth-order valence-electron chi connectivity index (χ4n) is 0.994. The Bertz CT molecular complexity index is 309. The summed E-state index contributed by atoms with van der Waals surface area (Å²) in [5, 5.41) is 0. The topological polar surface area (TPSA) is 51.8 Å². The maximum atomic E-state index is 12.2. The van der Waals surface area contributed by atoms with Crippen LogP contribution in [0.2, 0.25) is 0 Å². The minimum Gasteiger partial charge on any atom is -0.328 e. The minimum atomic E-state index is -4.42. The Balaban J connectivity index is 2.90. The zero-order valence-electron chi connectivity index (χ0n) is 7.54. The number of nitrogens with zero attached hydrogens (tertiary/aromatic N) is 2. The molecule has 0 saturated heterocycles. The molecule has 0 bridgehead atoms. The largest absolute Gasteiger partial charge is 0.433 e. The fraction of sp³-hybridized carbons (Fsp3) is 0.500. The predicted octanol–water partition coefficient (Wildman–Crippen LogP) is 1.39. The van der Waals surface area contributed by atoms with Gasteiger partial charge in [0.1, 0.15) is 12.0 Å². The van der Waals surface area contributed by atoms with Gasteiger partial charge in [-0.3, -0.25) is 0 Å². The zero-order valence-corrected chi connectivity index (χ0v) is 7.54. The molecule has 1 heterocycles. The lowest BCUT2D eigenvalue weighted by Gasteiger charge is -2.08. The molecule has 1 unspecified atom stereocenters. The van der Waals surface area contributed by atoms with E-state index in [9.17, 15) is 13.2 Å². The zero-order chi connectivity index (χ0) is 10.8. The molecule has 6 heteroatoms. The van der Waals surface area contributed by atoms with Crippen LogP contribution in [0.5, 0.6) is 0 Å². The summed E-state index contributed by atoms with van der Waals surface area (Å²) in [5.41, 5.74) is 4.82.